The summed E-state index contributed by atoms with van der Waals surface area (Å²) in [4.78, 5) is 4.34. The lowest BCUT2D eigenvalue weighted by Crippen LogP contribution is -2.36. The summed E-state index contributed by atoms with van der Waals surface area (Å²) >= 11 is 13.4. The SMILES string of the molecule is CC(NP(=S)(c1ccccc1)c1ccccc1)C(=S)Sc1ccccn1. The fourth-order valence-electron chi connectivity index (χ4n) is 2.50. The van der Waals surface area contributed by atoms with Gasteiger partial charge in [0.15, 0.2) is 0 Å². The predicted octanol–water partition coefficient (Wildman–Crippen LogP) is 4.52. The number of hydrogen-bond acceptors (Lipinski definition) is 4. The molecule has 26 heavy (non-hydrogen) atoms. The minimum atomic E-state index is -2.18. The van der Waals surface area contributed by atoms with Crippen LogP contribution in [-0.2, 0) is 11.8 Å². The van der Waals surface area contributed by atoms with Crippen LogP contribution in [0.5, 0.6) is 0 Å². The summed E-state index contributed by atoms with van der Waals surface area (Å²) in [6.07, 6.45) is -0.398. The highest BCUT2D eigenvalue weighted by atomic mass is 32.4. The lowest BCUT2D eigenvalue weighted by atomic mass is 10.4. The third kappa shape index (κ3) is 4.67. The standard InChI is InChI=1S/C20H19N2PS3/c1-16(20(24)26-19-14-8-9-15-21-19)22-23(25,17-10-4-2-5-11-17)18-12-6-3-7-13-18/h2-16H,1H3,(H,22,25). The maximum absolute atomic E-state index is 6.21. The van der Waals surface area contributed by atoms with Crippen molar-refractivity contribution in [1.82, 2.24) is 10.1 Å². The Bertz CT molecular complexity index is 859. The van der Waals surface area contributed by atoms with Crippen molar-refractivity contribution in [1.29, 1.82) is 0 Å². The Morgan fingerprint density at radius 1 is 0.923 bits per heavy atom. The van der Waals surface area contributed by atoms with Gasteiger partial charge in [-0.25, -0.2) is 4.98 Å². The van der Waals surface area contributed by atoms with Gasteiger partial charge in [0.05, 0.1) is 16.4 Å². The molecule has 2 aromatic carbocycles. The van der Waals surface area contributed by atoms with E-state index in [0.29, 0.717) is 0 Å². The molecule has 3 rings (SSSR count). The van der Waals surface area contributed by atoms with Crippen molar-refractivity contribution in [3.8, 4) is 0 Å². The normalized spacial score (nSPS) is 12.5. The molecule has 6 heteroatoms. The van der Waals surface area contributed by atoms with E-state index in [4.69, 9.17) is 24.0 Å². The average Bonchev–Trinajstić information content (AvgIpc) is 2.70. The zero-order chi connectivity index (χ0) is 18.4. The molecule has 1 atom stereocenters. The van der Waals surface area contributed by atoms with Crippen LogP contribution in [0, 0.1) is 0 Å². The minimum absolute atomic E-state index is 0.0248. The van der Waals surface area contributed by atoms with E-state index in [1.165, 1.54) is 11.8 Å². The number of thioether (sulfide) groups is 1. The summed E-state index contributed by atoms with van der Waals surface area (Å²) in [6, 6.07) is 26.4. The highest BCUT2D eigenvalue weighted by Gasteiger charge is 2.25. The molecule has 132 valence electrons. The van der Waals surface area contributed by atoms with Crippen LogP contribution in [-0.4, -0.2) is 15.2 Å². The number of pyridine rings is 1. The van der Waals surface area contributed by atoms with Crippen molar-refractivity contribution in [2.45, 2.75) is 18.0 Å². The van der Waals surface area contributed by atoms with Crippen molar-refractivity contribution in [3.63, 3.8) is 0 Å². The number of benzene rings is 2. The smallest absolute Gasteiger partial charge is 0.101 e. The molecule has 3 aromatic rings. The average molecular weight is 415 g/mol. The second kappa shape index (κ2) is 9.03. The zero-order valence-electron chi connectivity index (χ0n) is 14.3. The van der Waals surface area contributed by atoms with E-state index < -0.39 is 6.19 Å². The number of nitrogens with zero attached hydrogens (tertiary/aromatic N) is 1. The molecule has 1 N–H and O–H groups in total. The summed E-state index contributed by atoms with van der Waals surface area (Å²) in [7, 11) is 0. The van der Waals surface area contributed by atoms with E-state index in [9.17, 15) is 0 Å². The molecule has 0 bridgehead atoms. The lowest BCUT2D eigenvalue weighted by molar-refractivity contribution is 0.909. The van der Waals surface area contributed by atoms with Gasteiger partial charge >= 0.3 is 0 Å². The van der Waals surface area contributed by atoms with E-state index in [0.717, 1.165) is 19.8 Å². The van der Waals surface area contributed by atoms with E-state index in [2.05, 4.69) is 41.3 Å². The topological polar surface area (TPSA) is 24.9 Å². The highest BCUT2D eigenvalue weighted by Crippen LogP contribution is 2.40. The van der Waals surface area contributed by atoms with Gasteiger partial charge < -0.3 is 0 Å². The van der Waals surface area contributed by atoms with Crippen molar-refractivity contribution in [3.05, 3.63) is 85.1 Å². The van der Waals surface area contributed by atoms with Crippen molar-refractivity contribution in [2.24, 2.45) is 0 Å². The highest BCUT2D eigenvalue weighted by molar-refractivity contribution is 8.23. The van der Waals surface area contributed by atoms with Crippen LogP contribution in [0.4, 0.5) is 0 Å². The number of thiocarbonyl (C=S) groups is 1. The summed E-state index contributed by atoms with van der Waals surface area (Å²) in [5.41, 5.74) is 0. The zero-order valence-corrected chi connectivity index (χ0v) is 17.6. The minimum Gasteiger partial charge on any atom is -0.273 e. The van der Waals surface area contributed by atoms with Gasteiger partial charge in [0.2, 0.25) is 0 Å². The van der Waals surface area contributed by atoms with Crippen LogP contribution in [0.2, 0.25) is 0 Å². The van der Waals surface area contributed by atoms with Gasteiger partial charge in [-0.05, 0) is 19.1 Å². The molecule has 0 radical (unpaired) electrons. The fraction of sp³-hybridized carbons (Fsp3) is 0.100. The van der Waals surface area contributed by atoms with E-state index in [1.54, 1.807) is 6.20 Å². The molecule has 0 aliphatic rings. The molecule has 0 fully saturated rings. The fourth-order valence-corrected chi connectivity index (χ4v) is 7.35. The van der Waals surface area contributed by atoms with Crippen LogP contribution in [0.25, 0.3) is 0 Å². The maximum Gasteiger partial charge on any atom is 0.101 e. The summed E-state index contributed by atoms with van der Waals surface area (Å²) < 4.78 is 0.838. The Morgan fingerprint density at radius 3 is 1.96 bits per heavy atom. The first-order chi connectivity index (χ1) is 12.6. The van der Waals surface area contributed by atoms with Gasteiger partial charge in [-0.3, -0.25) is 5.09 Å². The van der Waals surface area contributed by atoms with Crippen molar-refractivity contribution < 1.29 is 0 Å². The van der Waals surface area contributed by atoms with Crippen LogP contribution in [0.15, 0.2) is 90.1 Å². The van der Waals surface area contributed by atoms with Crippen LogP contribution < -0.4 is 15.7 Å². The second-order valence-electron chi connectivity index (χ2n) is 5.72. The molecule has 0 saturated carbocycles. The molecular formula is C20H19N2PS3. The largest absolute Gasteiger partial charge is 0.273 e. The molecule has 1 heterocycles. The Hall–Kier alpha value is -1.36. The van der Waals surface area contributed by atoms with Crippen molar-refractivity contribution >= 4 is 56.8 Å². The molecule has 0 amide bonds. The first kappa shape index (κ1) is 19.4. The van der Waals surface area contributed by atoms with Crippen molar-refractivity contribution in [2.75, 3.05) is 0 Å². The van der Waals surface area contributed by atoms with Gasteiger partial charge in [0.25, 0.3) is 0 Å². The Labute approximate surface area is 169 Å². The Morgan fingerprint density at radius 2 is 1.46 bits per heavy atom. The van der Waals surface area contributed by atoms with Gasteiger partial charge in [0.1, 0.15) is 5.03 Å². The van der Waals surface area contributed by atoms with E-state index in [-0.39, 0.29) is 6.04 Å². The van der Waals surface area contributed by atoms with Crippen LogP contribution in [0.3, 0.4) is 0 Å². The number of nitrogens with one attached hydrogen (secondary N) is 1. The Kier molecular flexibility index (Phi) is 6.74. The third-order valence-corrected chi connectivity index (χ3v) is 9.80. The molecule has 1 aromatic heterocycles. The van der Waals surface area contributed by atoms with Gasteiger partial charge in [-0.2, -0.15) is 0 Å². The molecule has 0 aliphatic carbocycles. The summed E-state index contributed by atoms with van der Waals surface area (Å²) in [5, 5.41) is 6.86. The van der Waals surface area contributed by atoms with Gasteiger partial charge in [-0.1, -0.05) is 103 Å². The lowest BCUT2D eigenvalue weighted by Gasteiger charge is -2.28. The maximum atomic E-state index is 6.21. The Balaban J connectivity index is 1.87. The van der Waals surface area contributed by atoms with Gasteiger partial charge in [-0.15, -0.1) is 0 Å². The summed E-state index contributed by atoms with van der Waals surface area (Å²) in [5.74, 6) is 0. The third-order valence-electron chi connectivity index (χ3n) is 3.81. The predicted molar refractivity (Wildman–Crippen MR) is 122 cm³/mol. The molecular weight excluding hydrogens is 395 g/mol. The second-order valence-corrected chi connectivity index (χ2v) is 11.6. The van der Waals surface area contributed by atoms with E-state index >= 15 is 0 Å². The molecule has 2 nitrogen and oxygen atoms in total. The molecule has 0 saturated heterocycles. The molecule has 1 unspecified atom stereocenters. The number of hydrogen-bond donors (Lipinski definition) is 1. The monoisotopic (exact) mass is 414 g/mol. The van der Waals surface area contributed by atoms with Crippen LogP contribution in [0.1, 0.15) is 6.92 Å². The number of rotatable bonds is 6. The summed E-state index contributed by atoms with van der Waals surface area (Å²) in [6.45, 7) is 2.07. The first-order valence-electron chi connectivity index (χ1n) is 8.21. The quantitative estimate of drug-likeness (QED) is 0.363. The van der Waals surface area contributed by atoms with E-state index in [1.807, 2.05) is 54.6 Å². The van der Waals surface area contributed by atoms with Crippen LogP contribution >= 0.6 is 30.2 Å². The number of aromatic nitrogens is 1. The molecule has 0 aliphatic heterocycles. The first-order valence-corrected chi connectivity index (χ1v) is 12.2. The van der Waals surface area contributed by atoms with Gasteiger partial charge in [0, 0.05) is 16.8 Å². The molecule has 0 spiro atoms.